The summed E-state index contributed by atoms with van der Waals surface area (Å²) in [6.45, 7) is 11.5. The van der Waals surface area contributed by atoms with E-state index in [1.165, 1.54) is 22.4 Å². The summed E-state index contributed by atoms with van der Waals surface area (Å²) in [6.07, 6.45) is 10.4. The minimum absolute atomic E-state index is 0.0544. The number of rotatable bonds is 9. The number of hydrogen-bond acceptors (Lipinski definition) is 1. The van der Waals surface area contributed by atoms with Crippen LogP contribution in [-0.2, 0) is 19.4 Å². The van der Waals surface area contributed by atoms with E-state index >= 15 is 0 Å². The molecule has 0 amide bonds. The second-order valence-electron chi connectivity index (χ2n) is 9.33. The maximum atomic E-state index is 3.25. The van der Waals surface area contributed by atoms with Gasteiger partial charge in [-0.2, -0.15) is 0 Å². The Morgan fingerprint density at radius 2 is 1.53 bits per heavy atom. The smallest absolute Gasteiger partial charge is 0.0452 e. The summed E-state index contributed by atoms with van der Waals surface area (Å²) in [4.78, 5) is 2.44. The van der Waals surface area contributed by atoms with Crippen LogP contribution in [0.1, 0.15) is 44.4 Å². The van der Waals surface area contributed by atoms with Crippen LogP contribution in [-0.4, -0.2) is 22.6 Å². The first-order valence-electron chi connectivity index (χ1n) is 11.6. The SMILES string of the molecule is CCN(C/C=C/C#CC(C)(C)C)Cc1cccc(CCc2cccc(-n3cccc3)c2)c1. The molecule has 2 aromatic carbocycles. The van der Waals surface area contributed by atoms with Crippen molar-refractivity contribution in [3.8, 4) is 17.5 Å². The van der Waals surface area contributed by atoms with Crippen LogP contribution in [0.4, 0.5) is 0 Å². The van der Waals surface area contributed by atoms with Gasteiger partial charge in [0.25, 0.3) is 0 Å². The van der Waals surface area contributed by atoms with Crippen LogP contribution in [0.15, 0.2) is 85.2 Å². The van der Waals surface area contributed by atoms with E-state index in [1.807, 2.05) is 6.08 Å². The highest BCUT2D eigenvalue weighted by molar-refractivity contribution is 5.37. The molecule has 0 atom stereocenters. The van der Waals surface area contributed by atoms with E-state index in [0.29, 0.717) is 0 Å². The Morgan fingerprint density at radius 1 is 0.875 bits per heavy atom. The number of benzene rings is 2. The van der Waals surface area contributed by atoms with E-state index < -0.39 is 0 Å². The van der Waals surface area contributed by atoms with Gasteiger partial charge in [0.15, 0.2) is 0 Å². The zero-order valence-corrected chi connectivity index (χ0v) is 20.0. The lowest BCUT2D eigenvalue weighted by Gasteiger charge is -2.19. The van der Waals surface area contributed by atoms with Crippen LogP contribution in [0.3, 0.4) is 0 Å². The van der Waals surface area contributed by atoms with Gasteiger partial charge in [0.2, 0.25) is 0 Å². The minimum Gasteiger partial charge on any atom is -0.324 e. The fourth-order valence-electron chi connectivity index (χ4n) is 3.63. The summed E-state index contributed by atoms with van der Waals surface area (Å²) in [5.74, 6) is 6.42. The predicted molar refractivity (Wildman–Crippen MR) is 137 cm³/mol. The van der Waals surface area contributed by atoms with Crippen molar-refractivity contribution in [3.63, 3.8) is 0 Å². The van der Waals surface area contributed by atoms with Crippen molar-refractivity contribution in [2.75, 3.05) is 13.1 Å². The summed E-state index contributed by atoms with van der Waals surface area (Å²) in [5, 5.41) is 0. The zero-order valence-electron chi connectivity index (χ0n) is 20.0. The van der Waals surface area contributed by atoms with Gasteiger partial charge in [-0.15, -0.1) is 0 Å². The molecule has 3 aromatic rings. The molecule has 1 heterocycles. The average molecular weight is 425 g/mol. The molecule has 0 radical (unpaired) electrons. The molecule has 0 unspecified atom stereocenters. The van der Waals surface area contributed by atoms with E-state index in [2.05, 4.69) is 128 Å². The van der Waals surface area contributed by atoms with Gasteiger partial charge in [0.1, 0.15) is 0 Å². The molecule has 2 heteroatoms. The molecule has 0 spiro atoms. The maximum Gasteiger partial charge on any atom is 0.0452 e. The van der Waals surface area contributed by atoms with Gasteiger partial charge in [-0.25, -0.2) is 0 Å². The Hall–Kier alpha value is -3.02. The summed E-state index contributed by atoms with van der Waals surface area (Å²) in [6, 6.07) is 22.0. The van der Waals surface area contributed by atoms with Crippen LogP contribution < -0.4 is 0 Å². The van der Waals surface area contributed by atoms with Gasteiger partial charge in [-0.1, -0.05) is 61.2 Å². The summed E-state index contributed by atoms with van der Waals surface area (Å²) in [5.41, 5.74) is 5.42. The monoisotopic (exact) mass is 424 g/mol. The molecule has 0 saturated heterocycles. The number of hydrogen-bond donors (Lipinski definition) is 0. The molecule has 0 aliphatic heterocycles. The number of aryl methyl sites for hydroxylation is 2. The minimum atomic E-state index is 0.0544. The van der Waals surface area contributed by atoms with Crippen LogP contribution in [0, 0.1) is 17.3 Å². The zero-order chi connectivity index (χ0) is 22.8. The topological polar surface area (TPSA) is 8.17 Å². The lowest BCUT2D eigenvalue weighted by molar-refractivity contribution is 0.311. The largest absolute Gasteiger partial charge is 0.324 e. The van der Waals surface area contributed by atoms with Crippen molar-refractivity contribution < 1.29 is 0 Å². The molecule has 32 heavy (non-hydrogen) atoms. The third-order valence-corrected chi connectivity index (χ3v) is 5.37. The van der Waals surface area contributed by atoms with E-state index in [9.17, 15) is 0 Å². The fourth-order valence-corrected chi connectivity index (χ4v) is 3.63. The fraction of sp³-hybridized carbons (Fsp3) is 0.333. The van der Waals surface area contributed by atoms with Crippen molar-refractivity contribution in [3.05, 3.63) is 102 Å². The molecule has 0 bridgehead atoms. The molecular formula is C30H36N2. The van der Waals surface area contributed by atoms with Crippen LogP contribution in [0.25, 0.3) is 5.69 Å². The molecule has 1 aromatic heterocycles. The molecule has 3 rings (SSSR count). The molecule has 166 valence electrons. The Morgan fingerprint density at radius 3 is 2.22 bits per heavy atom. The van der Waals surface area contributed by atoms with Gasteiger partial charge in [-0.05, 0) is 87.2 Å². The van der Waals surface area contributed by atoms with Crippen molar-refractivity contribution in [2.24, 2.45) is 5.41 Å². The normalized spacial score (nSPS) is 11.7. The van der Waals surface area contributed by atoms with Crippen molar-refractivity contribution in [1.82, 2.24) is 9.47 Å². The first kappa shape index (κ1) is 23.6. The second kappa shape index (κ2) is 11.6. The Balaban J connectivity index is 1.56. The first-order chi connectivity index (χ1) is 15.4. The lowest BCUT2D eigenvalue weighted by Crippen LogP contribution is -2.22. The predicted octanol–water partition coefficient (Wildman–Crippen LogP) is 6.69. The van der Waals surface area contributed by atoms with Crippen molar-refractivity contribution in [1.29, 1.82) is 0 Å². The van der Waals surface area contributed by atoms with E-state index in [0.717, 1.165) is 32.5 Å². The van der Waals surface area contributed by atoms with Crippen molar-refractivity contribution in [2.45, 2.75) is 47.1 Å². The van der Waals surface area contributed by atoms with Crippen LogP contribution in [0.2, 0.25) is 0 Å². The standard InChI is InChI=1S/C30H36N2/c1-5-31(20-8-6-7-19-30(2,3)4)25-28-15-11-13-26(23-28)17-18-27-14-12-16-29(24-27)32-21-9-10-22-32/h6,8-16,21-24H,5,17-18,20,25H2,1-4H3/b8-6+. The molecule has 0 N–H and O–H groups in total. The van der Waals surface area contributed by atoms with E-state index in [1.54, 1.807) is 0 Å². The Labute approximate surface area is 194 Å². The number of likely N-dealkylation sites (N-methyl/N-ethyl adjacent to an activating group) is 1. The average Bonchev–Trinajstić information content (AvgIpc) is 3.31. The molecule has 2 nitrogen and oxygen atoms in total. The number of aromatic nitrogens is 1. The molecule has 0 saturated carbocycles. The highest BCUT2D eigenvalue weighted by Crippen LogP contribution is 2.15. The van der Waals surface area contributed by atoms with Crippen LogP contribution in [0.5, 0.6) is 0 Å². The summed E-state index contributed by atoms with van der Waals surface area (Å²) < 4.78 is 2.16. The lowest BCUT2D eigenvalue weighted by atomic mass is 9.98. The summed E-state index contributed by atoms with van der Waals surface area (Å²) >= 11 is 0. The molecule has 0 aliphatic rings. The maximum absolute atomic E-state index is 3.25. The van der Waals surface area contributed by atoms with Gasteiger partial charge in [0.05, 0.1) is 0 Å². The van der Waals surface area contributed by atoms with Gasteiger partial charge >= 0.3 is 0 Å². The summed E-state index contributed by atoms with van der Waals surface area (Å²) in [7, 11) is 0. The van der Waals surface area contributed by atoms with Gasteiger partial charge in [0, 0.05) is 36.6 Å². The molecular weight excluding hydrogens is 388 g/mol. The Kier molecular flexibility index (Phi) is 8.54. The molecule has 0 aliphatic carbocycles. The Bertz CT molecular complexity index is 1060. The highest BCUT2D eigenvalue weighted by Gasteiger charge is 2.05. The number of nitrogens with zero attached hydrogens (tertiary/aromatic N) is 2. The molecule has 0 fully saturated rings. The van der Waals surface area contributed by atoms with E-state index in [-0.39, 0.29) is 5.41 Å². The van der Waals surface area contributed by atoms with Crippen molar-refractivity contribution >= 4 is 0 Å². The third kappa shape index (κ3) is 7.91. The first-order valence-corrected chi connectivity index (χ1v) is 11.6. The van der Waals surface area contributed by atoms with Gasteiger partial charge < -0.3 is 4.57 Å². The van der Waals surface area contributed by atoms with E-state index in [4.69, 9.17) is 0 Å². The second-order valence-corrected chi connectivity index (χ2v) is 9.33. The van der Waals surface area contributed by atoms with Crippen LogP contribution >= 0.6 is 0 Å². The quantitative estimate of drug-likeness (QED) is 0.347. The third-order valence-electron chi connectivity index (χ3n) is 5.37. The number of allylic oxidation sites excluding steroid dienone is 1. The highest BCUT2D eigenvalue weighted by atomic mass is 15.1. The van der Waals surface area contributed by atoms with Gasteiger partial charge in [-0.3, -0.25) is 4.90 Å².